The fourth-order valence-electron chi connectivity index (χ4n) is 4.33. The van der Waals surface area contributed by atoms with Crippen molar-refractivity contribution in [2.45, 2.75) is 69.0 Å². The molecule has 0 atom stereocenters. The van der Waals surface area contributed by atoms with Crippen molar-refractivity contribution < 1.29 is 4.79 Å². The SMILES string of the molecule is CCn1c(SCC(=O)Nc2cc(C3CCCC3)nn2-c2ccccc2)nnc1C1CC1. The van der Waals surface area contributed by atoms with E-state index < -0.39 is 0 Å². The van der Waals surface area contributed by atoms with Crippen LogP contribution in [-0.4, -0.2) is 36.2 Å². The number of benzene rings is 1. The predicted octanol–water partition coefficient (Wildman–Crippen LogP) is 4.75. The number of amides is 1. The summed E-state index contributed by atoms with van der Waals surface area (Å²) in [6, 6.07) is 12.0. The number of rotatable bonds is 8. The van der Waals surface area contributed by atoms with E-state index in [9.17, 15) is 4.79 Å². The van der Waals surface area contributed by atoms with E-state index in [4.69, 9.17) is 5.10 Å². The van der Waals surface area contributed by atoms with Crippen LogP contribution in [0.5, 0.6) is 0 Å². The van der Waals surface area contributed by atoms with Crippen LogP contribution < -0.4 is 5.32 Å². The van der Waals surface area contributed by atoms with Gasteiger partial charge in [-0.3, -0.25) is 4.79 Å². The van der Waals surface area contributed by atoms with Crippen molar-refractivity contribution in [3.05, 3.63) is 47.9 Å². The van der Waals surface area contributed by atoms with E-state index in [1.54, 1.807) is 0 Å². The first-order valence-electron chi connectivity index (χ1n) is 11.2. The molecule has 0 aliphatic heterocycles. The number of anilines is 1. The number of para-hydroxylation sites is 1. The van der Waals surface area contributed by atoms with Gasteiger partial charge >= 0.3 is 0 Å². The van der Waals surface area contributed by atoms with E-state index in [0.29, 0.717) is 17.6 Å². The van der Waals surface area contributed by atoms with Gasteiger partial charge in [-0.25, -0.2) is 4.68 Å². The molecule has 31 heavy (non-hydrogen) atoms. The summed E-state index contributed by atoms with van der Waals surface area (Å²) in [5.74, 6) is 3.06. The van der Waals surface area contributed by atoms with Gasteiger partial charge in [0.1, 0.15) is 11.6 Å². The Hall–Kier alpha value is -2.61. The van der Waals surface area contributed by atoms with Crippen molar-refractivity contribution in [1.82, 2.24) is 24.5 Å². The maximum atomic E-state index is 12.8. The molecule has 2 saturated carbocycles. The van der Waals surface area contributed by atoms with Crippen LogP contribution in [0.2, 0.25) is 0 Å². The lowest BCUT2D eigenvalue weighted by atomic mass is 10.0. The summed E-state index contributed by atoms with van der Waals surface area (Å²) in [6.07, 6.45) is 7.23. The summed E-state index contributed by atoms with van der Waals surface area (Å²) >= 11 is 1.45. The van der Waals surface area contributed by atoms with Crippen LogP contribution in [0.15, 0.2) is 41.6 Å². The Bertz CT molecular complexity index is 1050. The number of hydrogen-bond donors (Lipinski definition) is 1. The van der Waals surface area contributed by atoms with Gasteiger partial charge in [-0.2, -0.15) is 5.10 Å². The first-order chi connectivity index (χ1) is 15.2. The van der Waals surface area contributed by atoms with Crippen molar-refractivity contribution in [2.75, 3.05) is 11.1 Å². The first-order valence-corrected chi connectivity index (χ1v) is 12.2. The molecule has 1 aromatic carbocycles. The molecular formula is C23H28N6OS. The first kappa shape index (κ1) is 20.3. The van der Waals surface area contributed by atoms with Crippen molar-refractivity contribution in [3.8, 4) is 5.69 Å². The summed E-state index contributed by atoms with van der Waals surface area (Å²) in [4.78, 5) is 12.8. The topological polar surface area (TPSA) is 77.6 Å². The number of hydrogen-bond acceptors (Lipinski definition) is 5. The molecule has 3 aromatic rings. The second kappa shape index (κ2) is 8.86. The number of carbonyl (C=O) groups is 1. The molecule has 8 heteroatoms. The highest BCUT2D eigenvalue weighted by molar-refractivity contribution is 7.99. The van der Waals surface area contributed by atoms with Gasteiger partial charge in [-0.05, 0) is 44.7 Å². The quantitative estimate of drug-likeness (QED) is 0.516. The van der Waals surface area contributed by atoms with Gasteiger partial charge in [0, 0.05) is 24.4 Å². The van der Waals surface area contributed by atoms with Crippen molar-refractivity contribution in [3.63, 3.8) is 0 Å². The Kier molecular flexibility index (Phi) is 5.80. The van der Waals surface area contributed by atoms with Crippen molar-refractivity contribution >= 4 is 23.5 Å². The van der Waals surface area contributed by atoms with Gasteiger partial charge in [0.2, 0.25) is 5.91 Å². The third kappa shape index (κ3) is 4.39. The molecule has 1 N–H and O–H groups in total. The Morgan fingerprint density at radius 2 is 1.87 bits per heavy atom. The zero-order chi connectivity index (χ0) is 21.2. The molecule has 7 nitrogen and oxygen atoms in total. The van der Waals surface area contributed by atoms with E-state index in [1.165, 1.54) is 50.3 Å². The van der Waals surface area contributed by atoms with E-state index in [1.807, 2.05) is 41.1 Å². The molecule has 5 rings (SSSR count). The highest BCUT2D eigenvalue weighted by Crippen LogP contribution is 2.40. The van der Waals surface area contributed by atoms with Crippen LogP contribution in [0, 0.1) is 0 Å². The molecule has 2 aliphatic rings. The largest absolute Gasteiger partial charge is 0.310 e. The lowest BCUT2D eigenvalue weighted by Crippen LogP contribution is -2.17. The van der Waals surface area contributed by atoms with Crippen LogP contribution >= 0.6 is 11.8 Å². The molecule has 2 fully saturated rings. The van der Waals surface area contributed by atoms with Crippen molar-refractivity contribution in [2.24, 2.45) is 0 Å². The zero-order valence-corrected chi connectivity index (χ0v) is 18.6. The third-order valence-corrected chi connectivity index (χ3v) is 7.07. The number of nitrogens with one attached hydrogen (secondary N) is 1. The van der Waals surface area contributed by atoms with Gasteiger partial charge in [-0.1, -0.05) is 42.8 Å². The van der Waals surface area contributed by atoms with Crippen molar-refractivity contribution in [1.29, 1.82) is 0 Å². The van der Waals surface area contributed by atoms with Gasteiger partial charge < -0.3 is 9.88 Å². The molecule has 1 amide bonds. The number of nitrogens with zero attached hydrogens (tertiary/aromatic N) is 5. The maximum absolute atomic E-state index is 12.8. The molecular weight excluding hydrogens is 408 g/mol. The van der Waals surface area contributed by atoms with Crippen LogP contribution in [0.25, 0.3) is 5.69 Å². The molecule has 2 aromatic heterocycles. The van der Waals surface area contributed by atoms with E-state index in [0.717, 1.165) is 34.7 Å². The Balaban J connectivity index is 1.31. The Morgan fingerprint density at radius 1 is 1.10 bits per heavy atom. The van der Waals surface area contributed by atoms with Crippen LogP contribution in [0.1, 0.15) is 68.8 Å². The monoisotopic (exact) mass is 436 g/mol. The second-order valence-electron chi connectivity index (χ2n) is 8.38. The molecule has 0 radical (unpaired) electrons. The van der Waals surface area contributed by atoms with Gasteiger partial charge in [0.15, 0.2) is 5.16 Å². The standard InChI is InChI=1S/C23H28N6OS/c1-2-28-22(17-12-13-17)25-26-23(28)31-15-21(30)24-20-14-19(16-8-6-7-9-16)27-29(20)18-10-4-3-5-11-18/h3-5,10-11,14,16-17H,2,6-9,12-13,15H2,1H3,(H,24,30). The average molecular weight is 437 g/mol. The summed E-state index contributed by atoms with van der Waals surface area (Å²) < 4.78 is 4.00. The Morgan fingerprint density at radius 3 is 2.58 bits per heavy atom. The fraction of sp³-hybridized carbons (Fsp3) is 0.478. The maximum Gasteiger partial charge on any atom is 0.236 e. The lowest BCUT2D eigenvalue weighted by molar-refractivity contribution is -0.113. The van der Waals surface area contributed by atoms with Crippen LogP contribution in [-0.2, 0) is 11.3 Å². The molecule has 0 unspecified atom stereocenters. The molecule has 0 bridgehead atoms. The van der Waals surface area contributed by atoms with E-state index >= 15 is 0 Å². The third-order valence-electron chi connectivity index (χ3n) is 6.11. The summed E-state index contributed by atoms with van der Waals surface area (Å²) in [5, 5.41) is 17.5. The molecule has 0 spiro atoms. The summed E-state index contributed by atoms with van der Waals surface area (Å²) in [7, 11) is 0. The zero-order valence-electron chi connectivity index (χ0n) is 17.8. The van der Waals surface area contributed by atoms with Gasteiger partial charge in [0.05, 0.1) is 17.1 Å². The molecule has 0 saturated heterocycles. The molecule has 2 aliphatic carbocycles. The van der Waals surface area contributed by atoms with Gasteiger partial charge in [0.25, 0.3) is 0 Å². The normalized spacial score (nSPS) is 16.7. The smallest absolute Gasteiger partial charge is 0.236 e. The minimum Gasteiger partial charge on any atom is -0.310 e. The predicted molar refractivity (Wildman–Crippen MR) is 122 cm³/mol. The highest BCUT2D eigenvalue weighted by atomic mass is 32.2. The highest BCUT2D eigenvalue weighted by Gasteiger charge is 2.30. The lowest BCUT2D eigenvalue weighted by Gasteiger charge is -2.09. The van der Waals surface area contributed by atoms with Crippen LogP contribution in [0.3, 0.4) is 0 Å². The molecule has 2 heterocycles. The minimum atomic E-state index is -0.0568. The van der Waals surface area contributed by atoms with E-state index in [2.05, 4.69) is 27.0 Å². The van der Waals surface area contributed by atoms with Gasteiger partial charge in [-0.15, -0.1) is 10.2 Å². The number of aromatic nitrogens is 5. The average Bonchev–Trinajstić information content (AvgIpc) is 3.19. The minimum absolute atomic E-state index is 0.0568. The van der Waals surface area contributed by atoms with E-state index in [-0.39, 0.29) is 5.91 Å². The van der Waals surface area contributed by atoms with Crippen LogP contribution in [0.4, 0.5) is 5.82 Å². The summed E-state index contributed by atoms with van der Waals surface area (Å²) in [5.41, 5.74) is 2.03. The number of carbonyl (C=O) groups excluding carboxylic acids is 1. The second-order valence-corrected chi connectivity index (χ2v) is 9.32. The number of thioether (sulfide) groups is 1. The Labute approximate surface area is 186 Å². The summed E-state index contributed by atoms with van der Waals surface area (Å²) in [6.45, 7) is 2.93. The fourth-order valence-corrected chi connectivity index (χ4v) is 5.14. The molecule has 162 valence electrons.